The summed E-state index contributed by atoms with van der Waals surface area (Å²) in [6.45, 7) is 5.05. The van der Waals surface area contributed by atoms with Gasteiger partial charge in [-0.2, -0.15) is 18.3 Å². The first-order valence-corrected chi connectivity index (χ1v) is 10.6. The molecular weight excluding hydrogens is 403 g/mol. The molecule has 1 fully saturated rings. The summed E-state index contributed by atoms with van der Waals surface area (Å²) in [5.41, 5.74) is 0.693. The summed E-state index contributed by atoms with van der Waals surface area (Å²) in [5, 5.41) is 3.83. The van der Waals surface area contributed by atoms with Crippen LogP contribution in [0.15, 0.2) is 60.7 Å². The van der Waals surface area contributed by atoms with Crippen molar-refractivity contribution < 1.29 is 17.9 Å². The number of ether oxygens (including phenoxy) is 1. The second-order valence-electron chi connectivity index (χ2n) is 7.91. The lowest BCUT2D eigenvalue weighted by Crippen LogP contribution is -2.28. The predicted molar refractivity (Wildman–Crippen MR) is 114 cm³/mol. The Bertz CT molecular complexity index is 984. The molecule has 7 heteroatoms. The molecule has 0 spiro atoms. The van der Waals surface area contributed by atoms with Crippen molar-refractivity contribution in [2.75, 3.05) is 19.7 Å². The molecule has 0 unspecified atom stereocenters. The van der Waals surface area contributed by atoms with Gasteiger partial charge >= 0.3 is 6.18 Å². The lowest BCUT2D eigenvalue weighted by Gasteiger charge is -2.20. The Morgan fingerprint density at radius 3 is 2.45 bits per heavy atom. The van der Waals surface area contributed by atoms with E-state index in [2.05, 4.69) is 16.9 Å². The van der Waals surface area contributed by atoms with Crippen LogP contribution in [-0.4, -0.2) is 40.4 Å². The molecule has 0 amide bonds. The zero-order valence-corrected chi connectivity index (χ0v) is 17.5. The summed E-state index contributed by atoms with van der Waals surface area (Å²) in [5.74, 6) is 0.697. The quantitative estimate of drug-likeness (QED) is 0.444. The van der Waals surface area contributed by atoms with Crippen molar-refractivity contribution in [1.82, 2.24) is 14.7 Å². The highest BCUT2D eigenvalue weighted by atomic mass is 19.4. The number of alkyl halides is 3. The molecule has 1 atom stereocenters. The highest BCUT2D eigenvalue weighted by Crippen LogP contribution is 2.33. The second kappa shape index (κ2) is 9.14. The first kappa shape index (κ1) is 21.4. The average molecular weight is 429 g/mol. The van der Waals surface area contributed by atoms with Crippen LogP contribution in [-0.2, 0) is 6.18 Å². The molecule has 1 aliphatic rings. The van der Waals surface area contributed by atoms with Gasteiger partial charge in [0.25, 0.3) is 0 Å². The molecule has 0 aliphatic carbocycles. The maximum Gasteiger partial charge on any atom is 0.435 e. The number of hydrogen-bond acceptors (Lipinski definition) is 3. The Labute approximate surface area is 180 Å². The molecule has 31 heavy (non-hydrogen) atoms. The maximum atomic E-state index is 13.3. The topological polar surface area (TPSA) is 30.3 Å². The van der Waals surface area contributed by atoms with Gasteiger partial charge in [0.05, 0.1) is 18.0 Å². The first-order valence-electron chi connectivity index (χ1n) is 10.6. The predicted octanol–water partition coefficient (Wildman–Crippen LogP) is 5.81. The van der Waals surface area contributed by atoms with Crippen molar-refractivity contribution in [3.8, 4) is 22.7 Å². The summed E-state index contributed by atoms with van der Waals surface area (Å²) < 4.78 is 47.0. The molecular formula is C24H26F3N3O. The zero-order valence-electron chi connectivity index (χ0n) is 17.5. The highest BCUT2D eigenvalue weighted by molar-refractivity contribution is 5.63. The third kappa shape index (κ3) is 5.10. The van der Waals surface area contributed by atoms with Gasteiger partial charge in [-0.05, 0) is 63.1 Å². The highest BCUT2D eigenvalue weighted by Gasteiger charge is 2.35. The molecule has 0 saturated carbocycles. The SMILES string of the molecule is C[C@@H]1CCCN1CCCOc1ccc(-n2nc(C(F)(F)F)cc2-c2ccccc2)cc1. The molecule has 2 heterocycles. The van der Waals surface area contributed by atoms with Gasteiger partial charge in [-0.25, -0.2) is 4.68 Å². The van der Waals surface area contributed by atoms with Crippen LogP contribution in [0.4, 0.5) is 13.2 Å². The van der Waals surface area contributed by atoms with E-state index in [0.717, 1.165) is 25.6 Å². The van der Waals surface area contributed by atoms with E-state index in [1.807, 2.05) is 6.07 Å². The smallest absolute Gasteiger partial charge is 0.435 e. The molecule has 4 nitrogen and oxygen atoms in total. The Hall–Kier alpha value is -2.80. The molecule has 4 rings (SSSR count). The van der Waals surface area contributed by atoms with Crippen molar-refractivity contribution in [2.24, 2.45) is 0 Å². The summed E-state index contributed by atoms with van der Waals surface area (Å²) in [6.07, 6.45) is -1.04. The lowest BCUT2D eigenvalue weighted by atomic mass is 10.1. The monoisotopic (exact) mass is 429 g/mol. The van der Waals surface area contributed by atoms with Crippen molar-refractivity contribution in [1.29, 1.82) is 0 Å². The average Bonchev–Trinajstić information content (AvgIpc) is 3.39. The Kier molecular flexibility index (Phi) is 6.32. The standard InChI is InChI=1S/C24H26F3N3O/c1-18-7-5-14-29(18)15-6-16-31-21-12-10-20(11-13-21)30-22(19-8-3-2-4-9-19)17-23(28-30)24(25,26)27/h2-4,8-13,17-18H,5-7,14-16H2,1H3/t18-/m1/s1. The van der Waals surface area contributed by atoms with Crippen LogP contribution < -0.4 is 4.74 Å². The Balaban J connectivity index is 1.46. The Morgan fingerprint density at radius 1 is 1.06 bits per heavy atom. The molecule has 3 aromatic rings. The molecule has 0 bridgehead atoms. The fraction of sp³-hybridized carbons (Fsp3) is 0.375. The van der Waals surface area contributed by atoms with E-state index in [1.54, 1.807) is 48.5 Å². The number of rotatable bonds is 7. The molecule has 2 aromatic carbocycles. The summed E-state index contributed by atoms with van der Waals surface area (Å²) >= 11 is 0. The molecule has 0 radical (unpaired) electrons. The van der Waals surface area contributed by atoms with E-state index in [-0.39, 0.29) is 0 Å². The van der Waals surface area contributed by atoms with Gasteiger partial charge < -0.3 is 9.64 Å². The van der Waals surface area contributed by atoms with Crippen LogP contribution in [0.5, 0.6) is 5.75 Å². The molecule has 0 N–H and O–H groups in total. The summed E-state index contributed by atoms with van der Waals surface area (Å²) in [7, 11) is 0. The molecule has 1 aliphatic heterocycles. The van der Waals surface area contributed by atoms with E-state index in [4.69, 9.17) is 4.74 Å². The minimum absolute atomic E-state index is 0.390. The van der Waals surface area contributed by atoms with E-state index >= 15 is 0 Å². The zero-order chi connectivity index (χ0) is 21.8. The number of benzene rings is 2. The second-order valence-corrected chi connectivity index (χ2v) is 7.91. The minimum Gasteiger partial charge on any atom is -0.494 e. The maximum absolute atomic E-state index is 13.3. The van der Waals surface area contributed by atoms with E-state index in [9.17, 15) is 13.2 Å². The van der Waals surface area contributed by atoms with Gasteiger partial charge in [-0.3, -0.25) is 0 Å². The summed E-state index contributed by atoms with van der Waals surface area (Å²) in [6, 6.07) is 17.7. The molecule has 164 valence electrons. The van der Waals surface area contributed by atoms with Crippen LogP contribution in [0.2, 0.25) is 0 Å². The van der Waals surface area contributed by atoms with Crippen LogP contribution in [0.3, 0.4) is 0 Å². The van der Waals surface area contributed by atoms with Gasteiger partial charge in [0, 0.05) is 18.2 Å². The summed E-state index contributed by atoms with van der Waals surface area (Å²) in [4.78, 5) is 2.48. The van der Waals surface area contributed by atoms with Crippen LogP contribution >= 0.6 is 0 Å². The van der Waals surface area contributed by atoms with Gasteiger partial charge in [0.15, 0.2) is 5.69 Å². The van der Waals surface area contributed by atoms with Crippen molar-refractivity contribution >= 4 is 0 Å². The van der Waals surface area contributed by atoms with E-state index in [1.165, 1.54) is 17.5 Å². The number of halogens is 3. The number of aromatic nitrogens is 2. The van der Waals surface area contributed by atoms with Crippen LogP contribution in [0.25, 0.3) is 16.9 Å². The molecule has 1 aromatic heterocycles. The fourth-order valence-corrected chi connectivity index (χ4v) is 4.00. The fourth-order valence-electron chi connectivity index (χ4n) is 4.00. The van der Waals surface area contributed by atoms with Crippen molar-refractivity contribution in [3.05, 3.63) is 66.4 Å². The first-order chi connectivity index (χ1) is 14.9. The number of hydrogen-bond donors (Lipinski definition) is 0. The van der Waals surface area contributed by atoms with Crippen LogP contribution in [0, 0.1) is 0 Å². The van der Waals surface area contributed by atoms with Gasteiger partial charge in [-0.1, -0.05) is 30.3 Å². The number of nitrogens with zero attached hydrogens (tertiary/aromatic N) is 3. The van der Waals surface area contributed by atoms with Gasteiger partial charge in [-0.15, -0.1) is 0 Å². The van der Waals surface area contributed by atoms with Gasteiger partial charge in [0.2, 0.25) is 0 Å². The van der Waals surface area contributed by atoms with Gasteiger partial charge in [0.1, 0.15) is 5.75 Å². The van der Waals surface area contributed by atoms with Crippen molar-refractivity contribution in [2.45, 2.75) is 38.4 Å². The third-order valence-electron chi connectivity index (χ3n) is 5.70. The Morgan fingerprint density at radius 2 is 1.81 bits per heavy atom. The van der Waals surface area contributed by atoms with Crippen molar-refractivity contribution in [3.63, 3.8) is 0 Å². The van der Waals surface area contributed by atoms with E-state index in [0.29, 0.717) is 35.3 Å². The third-order valence-corrected chi connectivity index (χ3v) is 5.70. The lowest BCUT2D eigenvalue weighted by molar-refractivity contribution is -0.141. The normalized spacial score (nSPS) is 17.2. The largest absolute Gasteiger partial charge is 0.494 e. The van der Waals surface area contributed by atoms with E-state index < -0.39 is 11.9 Å². The molecule has 1 saturated heterocycles. The minimum atomic E-state index is -4.51. The van der Waals surface area contributed by atoms with Crippen LogP contribution in [0.1, 0.15) is 31.9 Å². The number of likely N-dealkylation sites (tertiary alicyclic amines) is 1.